The predicted molar refractivity (Wildman–Crippen MR) is 123 cm³/mol. The van der Waals surface area contributed by atoms with Crippen LogP contribution < -0.4 is 4.90 Å². The van der Waals surface area contributed by atoms with E-state index < -0.39 is 0 Å². The number of carbonyl (C=O) groups is 1. The van der Waals surface area contributed by atoms with Gasteiger partial charge in [-0.05, 0) is 46.2 Å². The average molecular weight is 452 g/mol. The molecule has 1 fully saturated rings. The first-order valence-electron chi connectivity index (χ1n) is 10.7. The molecule has 0 spiro atoms. The van der Waals surface area contributed by atoms with Crippen LogP contribution in [0.2, 0.25) is 0 Å². The molecule has 4 aromatic rings. The summed E-state index contributed by atoms with van der Waals surface area (Å²) in [5.41, 5.74) is 4.14. The molecule has 0 aromatic carbocycles. The molecule has 5 rings (SSSR count). The maximum absolute atomic E-state index is 13.7. The second-order valence-electron chi connectivity index (χ2n) is 8.23. The van der Waals surface area contributed by atoms with Gasteiger partial charge >= 0.3 is 0 Å². The van der Waals surface area contributed by atoms with Crippen LogP contribution in [0.1, 0.15) is 39.7 Å². The summed E-state index contributed by atoms with van der Waals surface area (Å²) in [5.74, 6) is 1.53. The third-order valence-corrected chi connectivity index (χ3v) is 6.84. The molecule has 0 atom stereocenters. The van der Waals surface area contributed by atoms with E-state index in [1.165, 1.54) is 0 Å². The second-order valence-corrected chi connectivity index (χ2v) is 9.07. The van der Waals surface area contributed by atoms with Crippen molar-refractivity contribution >= 4 is 33.5 Å². The van der Waals surface area contributed by atoms with E-state index in [2.05, 4.69) is 25.4 Å². The van der Waals surface area contributed by atoms with E-state index >= 15 is 0 Å². The molecular weight excluding hydrogens is 426 g/mol. The molecule has 0 radical (unpaired) electrons. The van der Waals surface area contributed by atoms with Crippen LogP contribution in [0.25, 0.3) is 22.4 Å². The summed E-state index contributed by atoms with van der Waals surface area (Å²) in [6.45, 7) is 10.6. The van der Waals surface area contributed by atoms with Gasteiger partial charge in [0.2, 0.25) is 0 Å². The number of amides is 1. The number of hydrogen-bond donors (Lipinski definition) is 0. The van der Waals surface area contributed by atoms with Crippen molar-refractivity contribution in [1.82, 2.24) is 20.0 Å². The highest BCUT2D eigenvalue weighted by molar-refractivity contribution is 7.13. The number of nitrogens with zero attached hydrogens (tertiary/aromatic N) is 5. The van der Waals surface area contributed by atoms with Crippen LogP contribution in [0.15, 0.2) is 26.5 Å². The van der Waals surface area contributed by atoms with Crippen molar-refractivity contribution in [2.24, 2.45) is 0 Å². The minimum atomic E-state index is -0.0278. The van der Waals surface area contributed by atoms with Crippen molar-refractivity contribution in [2.75, 3.05) is 31.1 Å². The van der Waals surface area contributed by atoms with Gasteiger partial charge in [0, 0.05) is 37.1 Å². The fourth-order valence-electron chi connectivity index (χ4n) is 4.26. The predicted octanol–water partition coefficient (Wildman–Crippen LogP) is 4.53. The molecule has 0 bridgehead atoms. The van der Waals surface area contributed by atoms with Gasteiger partial charge in [0.15, 0.2) is 5.13 Å². The molecule has 1 saturated heterocycles. The summed E-state index contributed by atoms with van der Waals surface area (Å²) in [7, 11) is 0. The van der Waals surface area contributed by atoms with Crippen molar-refractivity contribution in [1.29, 1.82) is 0 Å². The summed E-state index contributed by atoms with van der Waals surface area (Å²) in [6.07, 6.45) is 0.883. The smallest absolute Gasteiger partial charge is 0.259 e. The molecule has 1 amide bonds. The summed E-state index contributed by atoms with van der Waals surface area (Å²) >= 11 is 1.65. The fraction of sp³-hybridized carbons (Fsp3) is 0.391. The van der Waals surface area contributed by atoms with Crippen molar-refractivity contribution in [3.8, 4) is 11.3 Å². The van der Waals surface area contributed by atoms with Crippen LogP contribution in [0.3, 0.4) is 0 Å². The van der Waals surface area contributed by atoms with Gasteiger partial charge < -0.3 is 18.7 Å². The Bertz CT molecular complexity index is 1300. The van der Waals surface area contributed by atoms with E-state index in [-0.39, 0.29) is 5.91 Å². The number of aromatic nitrogens is 3. The molecule has 0 N–H and O–H groups in total. The second kappa shape index (κ2) is 8.05. The molecule has 166 valence electrons. The number of furan rings is 1. The number of rotatable bonds is 3. The zero-order valence-electron chi connectivity index (χ0n) is 18.6. The lowest BCUT2D eigenvalue weighted by atomic mass is 10.0. The number of thiazole rings is 1. The van der Waals surface area contributed by atoms with Crippen molar-refractivity contribution in [3.63, 3.8) is 0 Å². The maximum Gasteiger partial charge on any atom is 0.259 e. The zero-order chi connectivity index (χ0) is 22.4. The van der Waals surface area contributed by atoms with Crippen LogP contribution >= 0.6 is 11.3 Å². The Labute approximate surface area is 189 Å². The molecular formula is C23H25N5O3S. The quantitative estimate of drug-likeness (QED) is 0.452. The molecule has 0 aliphatic carbocycles. The molecule has 9 heteroatoms. The summed E-state index contributed by atoms with van der Waals surface area (Å²) in [5, 5.41) is 7.83. The van der Waals surface area contributed by atoms with Crippen LogP contribution in [0.5, 0.6) is 0 Å². The fourth-order valence-corrected chi connectivity index (χ4v) is 5.11. The lowest BCUT2D eigenvalue weighted by molar-refractivity contribution is 0.0769. The van der Waals surface area contributed by atoms with E-state index in [0.717, 1.165) is 47.4 Å². The van der Waals surface area contributed by atoms with Crippen LogP contribution in [0.4, 0.5) is 5.13 Å². The number of aryl methyl sites for hydroxylation is 4. The molecule has 5 heterocycles. The highest BCUT2D eigenvalue weighted by Crippen LogP contribution is 2.31. The topological polar surface area (TPSA) is 88.5 Å². The Morgan fingerprint density at radius 3 is 2.62 bits per heavy atom. The van der Waals surface area contributed by atoms with Gasteiger partial charge in [-0.25, -0.2) is 9.97 Å². The van der Waals surface area contributed by atoms with Crippen molar-refractivity contribution in [2.45, 2.75) is 34.1 Å². The SMILES string of the molecule is Cc1csc(N2CCCN(C(=O)c3cc(-c4cc(C)oc4C)nc4onc(C)c34)CC2)n1. The average Bonchev–Trinajstić information content (AvgIpc) is 3.40. The first-order valence-corrected chi connectivity index (χ1v) is 11.6. The molecule has 32 heavy (non-hydrogen) atoms. The number of hydrogen-bond acceptors (Lipinski definition) is 8. The van der Waals surface area contributed by atoms with Crippen molar-refractivity contribution in [3.05, 3.63) is 46.0 Å². The minimum Gasteiger partial charge on any atom is -0.466 e. The highest BCUT2D eigenvalue weighted by atomic mass is 32.1. The molecule has 1 aliphatic heterocycles. The number of anilines is 1. The molecule has 8 nitrogen and oxygen atoms in total. The zero-order valence-corrected chi connectivity index (χ0v) is 19.5. The Morgan fingerprint density at radius 2 is 1.91 bits per heavy atom. The third-order valence-electron chi connectivity index (χ3n) is 5.82. The molecule has 0 unspecified atom stereocenters. The first kappa shape index (κ1) is 20.7. The third kappa shape index (κ3) is 3.66. The monoisotopic (exact) mass is 451 g/mol. The molecule has 4 aromatic heterocycles. The van der Waals surface area contributed by atoms with Crippen molar-refractivity contribution < 1.29 is 13.7 Å². The van der Waals surface area contributed by atoms with Gasteiger partial charge in [0.1, 0.15) is 11.5 Å². The lowest BCUT2D eigenvalue weighted by Crippen LogP contribution is -2.35. The van der Waals surface area contributed by atoms with Crippen LogP contribution in [-0.4, -0.2) is 52.1 Å². The van der Waals surface area contributed by atoms with Gasteiger partial charge in [-0.1, -0.05) is 5.16 Å². The molecule has 0 saturated carbocycles. The van der Waals surface area contributed by atoms with Gasteiger partial charge in [-0.15, -0.1) is 11.3 Å². The Morgan fingerprint density at radius 1 is 1.06 bits per heavy atom. The highest BCUT2D eigenvalue weighted by Gasteiger charge is 2.26. The van der Waals surface area contributed by atoms with E-state index in [0.29, 0.717) is 41.1 Å². The molecule has 1 aliphatic rings. The number of carbonyl (C=O) groups excluding carboxylic acids is 1. The summed E-state index contributed by atoms with van der Waals surface area (Å²) in [4.78, 5) is 27.1. The number of pyridine rings is 1. The first-order chi connectivity index (χ1) is 15.4. The Balaban J connectivity index is 1.48. The van der Waals surface area contributed by atoms with Crippen LogP contribution in [0, 0.1) is 27.7 Å². The normalized spacial score (nSPS) is 14.9. The standard InChI is InChI=1S/C23H25N5O3S/c1-13-12-32-23(24-13)28-7-5-6-27(8-9-28)22(29)18-11-19(17-10-14(2)30-16(17)4)25-21-20(18)15(3)26-31-21/h10-12H,5-9H2,1-4H3. The van der Waals surface area contributed by atoms with Gasteiger partial charge in [0.05, 0.1) is 28.0 Å². The minimum absolute atomic E-state index is 0.0278. The van der Waals surface area contributed by atoms with Gasteiger partial charge in [0.25, 0.3) is 11.6 Å². The largest absolute Gasteiger partial charge is 0.466 e. The van der Waals surface area contributed by atoms with Gasteiger partial charge in [-0.3, -0.25) is 4.79 Å². The van der Waals surface area contributed by atoms with E-state index in [4.69, 9.17) is 8.94 Å². The summed E-state index contributed by atoms with van der Waals surface area (Å²) < 4.78 is 11.1. The van der Waals surface area contributed by atoms with Gasteiger partial charge in [-0.2, -0.15) is 0 Å². The summed E-state index contributed by atoms with van der Waals surface area (Å²) in [6, 6.07) is 3.78. The van der Waals surface area contributed by atoms with Crippen LogP contribution in [-0.2, 0) is 0 Å². The van der Waals surface area contributed by atoms with E-state index in [1.54, 1.807) is 11.3 Å². The lowest BCUT2D eigenvalue weighted by Gasteiger charge is -2.22. The Hall–Kier alpha value is -3.20. The maximum atomic E-state index is 13.7. The number of fused-ring (bicyclic) bond motifs is 1. The van der Waals surface area contributed by atoms with E-state index in [9.17, 15) is 4.79 Å². The Kier molecular flexibility index (Phi) is 5.21. The van der Waals surface area contributed by atoms with E-state index in [1.807, 2.05) is 44.7 Å².